The quantitative estimate of drug-likeness (QED) is 0.642. The van der Waals surface area contributed by atoms with E-state index in [9.17, 15) is 0 Å². The van der Waals surface area contributed by atoms with Gasteiger partial charge in [0.2, 0.25) is 0 Å². The van der Waals surface area contributed by atoms with Crippen LogP contribution >= 0.6 is 23.4 Å². The van der Waals surface area contributed by atoms with Gasteiger partial charge in [0.25, 0.3) is 0 Å². The lowest BCUT2D eigenvalue weighted by Gasteiger charge is -2.08. The van der Waals surface area contributed by atoms with Crippen molar-refractivity contribution in [3.63, 3.8) is 0 Å². The molecule has 0 saturated heterocycles. The summed E-state index contributed by atoms with van der Waals surface area (Å²) in [6, 6.07) is 16.3. The number of thioether (sulfide) groups is 1. The van der Waals surface area contributed by atoms with Crippen molar-refractivity contribution in [2.75, 3.05) is 0 Å². The SMILES string of the molecule is Cc1ccc(CSc2nnc(C)n2-c2ccc(Cl)cc2)cc1. The first-order valence-corrected chi connectivity index (χ1v) is 8.36. The predicted octanol–water partition coefficient (Wildman–Crippen LogP) is 4.83. The van der Waals surface area contributed by atoms with Crippen molar-refractivity contribution in [1.82, 2.24) is 14.8 Å². The first-order chi connectivity index (χ1) is 10.6. The summed E-state index contributed by atoms with van der Waals surface area (Å²) >= 11 is 7.64. The van der Waals surface area contributed by atoms with Crippen LogP contribution in [0.4, 0.5) is 0 Å². The first-order valence-electron chi connectivity index (χ1n) is 7.00. The number of aryl methyl sites for hydroxylation is 2. The number of nitrogens with zero attached hydrogens (tertiary/aromatic N) is 3. The summed E-state index contributed by atoms with van der Waals surface area (Å²) in [5, 5.41) is 10.1. The van der Waals surface area contributed by atoms with Crippen molar-refractivity contribution in [2.24, 2.45) is 0 Å². The molecule has 0 amide bonds. The van der Waals surface area contributed by atoms with Gasteiger partial charge < -0.3 is 0 Å². The van der Waals surface area contributed by atoms with Crippen LogP contribution < -0.4 is 0 Å². The smallest absolute Gasteiger partial charge is 0.196 e. The summed E-state index contributed by atoms with van der Waals surface area (Å²) in [5.41, 5.74) is 3.58. The highest BCUT2D eigenvalue weighted by Crippen LogP contribution is 2.25. The van der Waals surface area contributed by atoms with Gasteiger partial charge in [-0.05, 0) is 43.7 Å². The molecule has 0 atom stereocenters. The van der Waals surface area contributed by atoms with E-state index in [1.54, 1.807) is 11.8 Å². The van der Waals surface area contributed by atoms with Crippen LogP contribution in [0.15, 0.2) is 53.7 Å². The van der Waals surface area contributed by atoms with E-state index in [0.717, 1.165) is 27.4 Å². The Labute approximate surface area is 139 Å². The van der Waals surface area contributed by atoms with Crippen LogP contribution in [0.1, 0.15) is 17.0 Å². The van der Waals surface area contributed by atoms with Crippen molar-refractivity contribution in [3.8, 4) is 5.69 Å². The minimum Gasteiger partial charge on any atom is -0.274 e. The van der Waals surface area contributed by atoms with Crippen LogP contribution in [-0.4, -0.2) is 14.8 Å². The second-order valence-corrected chi connectivity index (χ2v) is 6.49. The molecule has 2 aromatic carbocycles. The number of halogens is 1. The van der Waals surface area contributed by atoms with Gasteiger partial charge in [-0.2, -0.15) is 0 Å². The maximum Gasteiger partial charge on any atom is 0.196 e. The fourth-order valence-corrected chi connectivity index (χ4v) is 3.24. The van der Waals surface area contributed by atoms with Gasteiger partial charge in [0.05, 0.1) is 0 Å². The fraction of sp³-hybridized carbons (Fsp3) is 0.176. The molecule has 0 N–H and O–H groups in total. The third-order valence-electron chi connectivity index (χ3n) is 3.37. The molecule has 0 aliphatic rings. The minimum absolute atomic E-state index is 0.725. The normalized spacial score (nSPS) is 10.9. The Bertz CT molecular complexity index is 764. The lowest BCUT2D eigenvalue weighted by atomic mass is 10.2. The standard InChI is InChI=1S/C17H16ClN3S/c1-12-3-5-14(6-4-12)11-22-17-20-19-13(2)21(17)16-9-7-15(18)8-10-16/h3-10H,11H2,1-2H3. The van der Waals surface area contributed by atoms with Crippen molar-refractivity contribution in [2.45, 2.75) is 24.8 Å². The summed E-state index contributed by atoms with van der Waals surface area (Å²) < 4.78 is 2.05. The zero-order valence-electron chi connectivity index (χ0n) is 12.5. The third kappa shape index (κ3) is 3.34. The molecule has 0 unspecified atom stereocenters. The van der Waals surface area contributed by atoms with Crippen molar-refractivity contribution in [3.05, 3.63) is 70.5 Å². The fourth-order valence-electron chi connectivity index (χ4n) is 2.16. The third-order valence-corrected chi connectivity index (χ3v) is 4.62. The summed E-state index contributed by atoms with van der Waals surface area (Å²) in [7, 11) is 0. The second-order valence-electron chi connectivity index (χ2n) is 5.12. The van der Waals surface area contributed by atoms with E-state index in [0.29, 0.717) is 0 Å². The maximum atomic E-state index is 5.96. The Balaban J connectivity index is 1.83. The molecule has 3 nitrogen and oxygen atoms in total. The molecular weight excluding hydrogens is 314 g/mol. The summed E-state index contributed by atoms with van der Waals surface area (Å²) in [5.74, 6) is 1.74. The van der Waals surface area contributed by atoms with Gasteiger partial charge in [0, 0.05) is 16.5 Å². The topological polar surface area (TPSA) is 30.7 Å². The monoisotopic (exact) mass is 329 g/mol. The molecule has 22 heavy (non-hydrogen) atoms. The Morgan fingerprint density at radius 3 is 2.32 bits per heavy atom. The molecule has 0 radical (unpaired) electrons. The van der Waals surface area contributed by atoms with E-state index in [1.807, 2.05) is 31.2 Å². The number of hydrogen-bond acceptors (Lipinski definition) is 3. The molecule has 3 rings (SSSR count). The number of aromatic nitrogens is 3. The van der Waals surface area contributed by atoms with Crippen LogP contribution in [0.3, 0.4) is 0 Å². The molecule has 0 aliphatic carbocycles. The molecule has 0 aliphatic heterocycles. The van der Waals surface area contributed by atoms with E-state index >= 15 is 0 Å². The Morgan fingerprint density at radius 2 is 1.64 bits per heavy atom. The molecule has 0 bridgehead atoms. The molecule has 3 aromatic rings. The van der Waals surface area contributed by atoms with Gasteiger partial charge in [-0.1, -0.05) is 53.2 Å². The van der Waals surface area contributed by atoms with E-state index < -0.39 is 0 Å². The number of benzene rings is 2. The van der Waals surface area contributed by atoms with Gasteiger partial charge >= 0.3 is 0 Å². The van der Waals surface area contributed by atoms with Gasteiger partial charge in [-0.3, -0.25) is 4.57 Å². The van der Waals surface area contributed by atoms with Crippen molar-refractivity contribution in [1.29, 1.82) is 0 Å². The molecule has 1 heterocycles. The molecular formula is C17H16ClN3S. The average Bonchev–Trinajstić information content (AvgIpc) is 2.89. The van der Waals surface area contributed by atoms with E-state index in [4.69, 9.17) is 11.6 Å². The van der Waals surface area contributed by atoms with Gasteiger partial charge in [-0.25, -0.2) is 0 Å². The molecule has 5 heteroatoms. The number of rotatable bonds is 4. The van der Waals surface area contributed by atoms with Crippen molar-refractivity contribution < 1.29 is 0 Å². The summed E-state index contributed by atoms with van der Waals surface area (Å²) in [4.78, 5) is 0. The van der Waals surface area contributed by atoms with E-state index in [2.05, 4.69) is 46.0 Å². The summed E-state index contributed by atoms with van der Waals surface area (Å²) in [6.07, 6.45) is 0. The van der Waals surface area contributed by atoms with Gasteiger partial charge in [0.1, 0.15) is 5.82 Å². The first kappa shape index (κ1) is 15.1. The zero-order valence-corrected chi connectivity index (χ0v) is 14.0. The second kappa shape index (κ2) is 6.55. The van der Waals surface area contributed by atoms with Crippen LogP contribution in [0.5, 0.6) is 0 Å². The zero-order chi connectivity index (χ0) is 15.5. The Morgan fingerprint density at radius 1 is 0.955 bits per heavy atom. The maximum absolute atomic E-state index is 5.96. The van der Waals surface area contributed by atoms with Crippen LogP contribution in [-0.2, 0) is 5.75 Å². The minimum atomic E-state index is 0.725. The molecule has 0 fully saturated rings. The Hall–Kier alpha value is -1.78. The molecule has 1 aromatic heterocycles. The lowest BCUT2D eigenvalue weighted by molar-refractivity contribution is 0.868. The summed E-state index contributed by atoms with van der Waals surface area (Å²) in [6.45, 7) is 4.05. The van der Waals surface area contributed by atoms with E-state index in [1.165, 1.54) is 11.1 Å². The van der Waals surface area contributed by atoms with Gasteiger partial charge in [-0.15, -0.1) is 10.2 Å². The van der Waals surface area contributed by atoms with Crippen LogP contribution in [0, 0.1) is 13.8 Å². The highest BCUT2D eigenvalue weighted by Gasteiger charge is 2.11. The van der Waals surface area contributed by atoms with Crippen LogP contribution in [0.2, 0.25) is 5.02 Å². The van der Waals surface area contributed by atoms with Crippen LogP contribution in [0.25, 0.3) is 5.69 Å². The average molecular weight is 330 g/mol. The number of hydrogen-bond donors (Lipinski definition) is 0. The molecule has 0 saturated carbocycles. The lowest BCUT2D eigenvalue weighted by Crippen LogP contribution is -1.99. The van der Waals surface area contributed by atoms with Gasteiger partial charge in [0.15, 0.2) is 5.16 Å². The van der Waals surface area contributed by atoms with E-state index in [-0.39, 0.29) is 0 Å². The Kier molecular flexibility index (Phi) is 4.50. The molecule has 0 spiro atoms. The predicted molar refractivity (Wildman–Crippen MR) is 91.8 cm³/mol. The molecule has 112 valence electrons. The largest absolute Gasteiger partial charge is 0.274 e. The van der Waals surface area contributed by atoms with Crippen molar-refractivity contribution >= 4 is 23.4 Å². The highest BCUT2D eigenvalue weighted by atomic mass is 35.5. The highest BCUT2D eigenvalue weighted by molar-refractivity contribution is 7.98.